The molecular formula is C11H11Br2N5O. The van der Waals surface area contributed by atoms with Crippen molar-refractivity contribution in [3.63, 3.8) is 0 Å². The molecule has 0 spiro atoms. The molecule has 0 aliphatic rings. The molecule has 0 saturated carbocycles. The van der Waals surface area contributed by atoms with E-state index >= 15 is 0 Å². The zero-order valence-corrected chi connectivity index (χ0v) is 12.7. The zero-order valence-electron chi connectivity index (χ0n) is 11.6. The number of aromatic nitrogens is 3. The molecule has 2 aromatic rings. The highest BCUT2D eigenvalue weighted by Gasteiger charge is 2.09. The third-order valence-electron chi connectivity index (χ3n) is 2.13. The minimum absolute atomic E-state index is 0.0586. The highest BCUT2D eigenvalue weighted by atomic mass is 79.9. The summed E-state index contributed by atoms with van der Waals surface area (Å²) >= 11 is 6.50. The molecule has 0 aliphatic carbocycles. The van der Waals surface area contributed by atoms with Gasteiger partial charge in [0.1, 0.15) is 5.69 Å². The van der Waals surface area contributed by atoms with E-state index in [1.54, 1.807) is 6.07 Å². The van der Waals surface area contributed by atoms with Gasteiger partial charge in [-0.2, -0.15) is 0 Å². The molecule has 0 aromatic carbocycles. The molecule has 2 heterocycles. The number of nitrogen functional groups attached to an aromatic ring is 1. The molecule has 0 saturated heterocycles. The second kappa shape index (κ2) is 6.07. The van der Waals surface area contributed by atoms with Gasteiger partial charge in [0, 0.05) is 6.54 Å². The number of hydrogen-bond donors (Lipinski definition) is 4. The van der Waals surface area contributed by atoms with Gasteiger partial charge in [-0.1, -0.05) is 6.05 Å². The van der Waals surface area contributed by atoms with Crippen LogP contribution in [-0.2, 0) is 0 Å². The van der Waals surface area contributed by atoms with Crippen LogP contribution in [0.3, 0.4) is 0 Å². The van der Waals surface area contributed by atoms with E-state index in [0.717, 1.165) is 4.47 Å². The van der Waals surface area contributed by atoms with Crippen molar-refractivity contribution in [2.45, 2.75) is 0 Å². The van der Waals surface area contributed by atoms with Gasteiger partial charge in [-0.05, 0) is 44.0 Å². The average Bonchev–Trinajstić information content (AvgIpc) is 3.02. The highest BCUT2D eigenvalue weighted by molar-refractivity contribution is 9.13. The average molecular weight is 391 g/mol. The van der Waals surface area contributed by atoms with E-state index in [9.17, 15) is 4.79 Å². The largest absolute Gasteiger partial charge is 0.369 e. The summed E-state index contributed by atoms with van der Waals surface area (Å²) in [7, 11) is 0. The maximum Gasteiger partial charge on any atom is 0.268 e. The maximum atomic E-state index is 11.9. The zero-order chi connectivity index (χ0) is 15.6. The lowest BCUT2D eigenvalue weighted by atomic mass is 10.4. The van der Waals surface area contributed by atoms with E-state index in [-0.39, 0.29) is 30.5 Å². The number of imidazole rings is 1. The first-order valence-corrected chi connectivity index (χ1v) is 6.76. The maximum absolute atomic E-state index is 11.9. The van der Waals surface area contributed by atoms with Crippen LogP contribution in [0, 0.1) is 0 Å². The van der Waals surface area contributed by atoms with Gasteiger partial charge in [0.05, 0.1) is 23.7 Å². The van der Waals surface area contributed by atoms with Crippen LogP contribution in [0.1, 0.15) is 18.9 Å². The lowest BCUT2D eigenvalue weighted by Gasteiger charge is -1.98. The summed E-state index contributed by atoms with van der Waals surface area (Å²) in [6.45, 7) is -0.0785. The van der Waals surface area contributed by atoms with Gasteiger partial charge in [0.2, 0.25) is 0 Å². The first-order valence-electron chi connectivity index (χ1n) is 6.18. The second-order valence-electron chi connectivity index (χ2n) is 3.51. The lowest BCUT2D eigenvalue weighted by Crippen LogP contribution is -2.23. The molecule has 8 heteroatoms. The van der Waals surface area contributed by atoms with Gasteiger partial charge >= 0.3 is 0 Å². The number of amides is 1. The van der Waals surface area contributed by atoms with E-state index in [1.165, 1.54) is 6.20 Å². The van der Waals surface area contributed by atoms with Crippen molar-refractivity contribution in [2.24, 2.45) is 0 Å². The number of nitrogens with zero attached hydrogens (tertiary/aromatic N) is 1. The van der Waals surface area contributed by atoms with E-state index in [2.05, 4.69) is 52.1 Å². The Morgan fingerprint density at radius 1 is 1.58 bits per heavy atom. The molecule has 2 aromatic heterocycles. The number of anilines is 1. The van der Waals surface area contributed by atoms with Crippen LogP contribution < -0.4 is 11.1 Å². The minimum Gasteiger partial charge on any atom is -0.369 e. The van der Waals surface area contributed by atoms with Gasteiger partial charge in [0.25, 0.3) is 5.91 Å². The SMILES string of the molecule is [2H]/C(CNC(=O)c1cc(Br)c(Br)[nH]1)=C(/[2H])c1cnc(N)[nH]1. The predicted molar refractivity (Wildman–Crippen MR) is 80.6 cm³/mol. The summed E-state index contributed by atoms with van der Waals surface area (Å²) < 4.78 is 17.0. The number of halogens is 2. The quantitative estimate of drug-likeness (QED) is 0.644. The van der Waals surface area contributed by atoms with Crippen molar-refractivity contribution in [1.29, 1.82) is 0 Å². The molecule has 0 atom stereocenters. The summed E-state index contributed by atoms with van der Waals surface area (Å²) in [6.07, 6.45) is 1.37. The summed E-state index contributed by atoms with van der Waals surface area (Å²) in [5, 5.41) is 2.55. The second-order valence-corrected chi connectivity index (χ2v) is 5.16. The molecule has 0 radical (unpaired) electrons. The molecule has 5 N–H and O–H groups in total. The summed E-state index contributed by atoms with van der Waals surface area (Å²) in [5.41, 5.74) is 6.09. The Kier molecular flexibility index (Phi) is 3.61. The smallest absolute Gasteiger partial charge is 0.268 e. The van der Waals surface area contributed by atoms with Crippen molar-refractivity contribution < 1.29 is 7.54 Å². The molecule has 0 fully saturated rings. The third kappa shape index (κ3) is 3.71. The highest BCUT2D eigenvalue weighted by Crippen LogP contribution is 2.22. The van der Waals surface area contributed by atoms with E-state index in [0.29, 0.717) is 16.0 Å². The van der Waals surface area contributed by atoms with Crippen LogP contribution in [0.5, 0.6) is 0 Å². The molecule has 0 bridgehead atoms. The van der Waals surface area contributed by atoms with Gasteiger partial charge in [-0.3, -0.25) is 4.79 Å². The topological polar surface area (TPSA) is 99.6 Å². The fourth-order valence-electron chi connectivity index (χ4n) is 1.29. The first-order chi connectivity index (χ1) is 9.88. The van der Waals surface area contributed by atoms with Crippen LogP contribution in [0.2, 0.25) is 0 Å². The summed E-state index contributed by atoms with van der Waals surface area (Å²) in [5.74, 6) is -0.198. The molecule has 0 aliphatic heterocycles. The van der Waals surface area contributed by atoms with Crippen molar-refractivity contribution in [2.75, 3.05) is 12.3 Å². The van der Waals surface area contributed by atoms with E-state index in [1.807, 2.05) is 0 Å². The minimum atomic E-state index is -0.372. The molecule has 2 rings (SSSR count). The van der Waals surface area contributed by atoms with Crippen LogP contribution in [-0.4, -0.2) is 27.4 Å². The Bertz CT molecular complexity index is 690. The standard InChI is InChI=1S/C11H11Br2N5O/c12-7-4-8(18-9(7)13)10(19)15-3-1-2-6-5-16-11(14)17-6/h1-2,4-5,18H,3H2,(H,15,19)(H3,14,16,17)/b2-1+/i1D,2D. The van der Waals surface area contributed by atoms with Crippen molar-refractivity contribution >= 4 is 49.8 Å². The lowest BCUT2D eigenvalue weighted by molar-refractivity contribution is 0.0953. The molecule has 0 unspecified atom stereocenters. The number of nitrogens with one attached hydrogen (secondary N) is 3. The number of carbonyl (C=O) groups is 1. The van der Waals surface area contributed by atoms with Gasteiger partial charge in [-0.25, -0.2) is 4.98 Å². The van der Waals surface area contributed by atoms with Crippen molar-refractivity contribution in [1.82, 2.24) is 20.3 Å². The van der Waals surface area contributed by atoms with Crippen LogP contribution in [0.4, 0.5) is 5.95 Å². The Morgan fingerprint density at radius 3 is 2.95 bits per heavy atom. The van der Waals surface area contributed by atoms with Crippen LogP contribution in [0.15, 0.2) is 27.4 Å². The van der Waals surface area contributed by atoms with Gasteiger partial charge in [-0.15, -0.1) is 0 Å². The monoisotopic (exact) mass is 389 g/mol. The number of rotatable bonds is 4. The summed E-state index contributed by atoms with van der Waals surface area (Å²) in [4.78, 5) is 21.1. The van der Waals surface area contributed by atoms with E-state index < -0.39 is 0 Å². The van der Waals surface area contributed by atoms with Crippen LogP contribution >= 0.6 is 31.9 Å². The Morgan fingerprint density at radius 2 is 2.37 bits per heavy atom. The predicted octanol–water partition coefficient (Wildman–Crippen LogP) is 2.29. The normalized spacial score (nSPS) is 13.6. The molecule has 6 nitrogen and oxygen atoms in total. The number of carbonyl (C=O) groups excluding carboxylic acids is 1. The third-order valence-corrected chi connectivity index (χ3v) is 3.91. The Hall–Kier alpha value is -1.54. The van der Waals surface area contributed by atoms with Crippen molar-refractivity contribution in [3.05, 3.63) is 38.8 Å². The number of nitrogens with two attached hydrogens (primary N) is 1. The van der Waals surface area contributed by atoms with Gasteiger partial charge < -0.3 is 21.0 Å². The fraction of sp³-hybridized carbons (Fsp3) is 0.0909. The fourth-order valence-corrected chi connectivity index (χ4v) is 1.94. The van der Waals surface area contributed by atoms with Gasteiger partial charge in [0.15, 0.2) is 5.95 Å². The van der Waals surface area contributed by atoms with E-state index in [4.69, 9.17) is 8.48 Å². The molecule has 1 amide bonds. The molecule has 100 valence electrons. The number of hydrogen-bond acceptors (Lipinski definition) is 3. The number of H-pyrrole nitrogens is 2. The van der Waals surface area contributed by atoms with Crippen molar-refractivity contribution in [3.8, 4) is 0 Å². The molecular weight excluding hydrogens is 378 g/mol. The first kappa shape index (κ1) is 11.3. The Balaban J connectivity index is 2.03. The number of aromatic amines is 2. The Labute approximate surface area is 128 Å². The molecule has 19 heavy (non-hydrogen) atoms. The van der Waals surface area contributed by atoms with Crippen LogP contribution in [0.25, 0.3) is 6.05 Å². The summed E-state index contributed by atoms with van der Waals surface area (Å²) in [6, 6.07) is 1.48.